The van der Waals surface area contributed by atoms with Crippen LogP contribution >= 0.6 is 11.3 Å². The lowest BCUT2D eigenvalue weighted by Gasteiger charge is -2.04. The summed E-state index contributed by atoms with van der Waals surface area (Å²) in [6.45, 7) is 2.02. The first-order valence-electron chi connectivity index (χ1n) is 8.64. The highest BCUT2D eigenvalue weighted by Gasteiger charge is 2.13. The van der Waals surface area contributed by atoms with E-state index in [-0.39, 0.29) is 4.90 Å². The molecule has 0 spiro atoms. The molecule has 0 unspecified atom stereocenters. The topological polar surface area (TPSA) is 147 Å². The van der Waals surface area contributed by atoms with Gasteiger partial charge >= 0.3 is 0 Å². The van der Waals surface area contributed by atoms with Gasteiger partial charge in [0.2, 0.25) is 5.96 Å². The van der Waals surface area contributed by atoms with Crippen LogP contribution in [0.15, 0.2) is 69.4 Å². The van der Waals surface area contributed by atoms with E-state index in [1.54, 1.807) is 12.1 Å². The number of guanidine groups is 1. The Hall–Kier alpha value is -3.68. The van der Waals surface area contributed by atoms with Gasteiger partial charge in [-0.25, -0.2) is 4.98 Å². The average Bonchev–Trinajstić information content (AvgIpc) is 3.18. The average molecular weight is 439 g/mol. The smallest absolute Gasteiger partial charge is 0.285 e. The maximum atomic E-state index is 12.0. The van der Waals surface area contributed by atoms with Gasteiger partial charge in [-0.15, -0.1) is 15.7 Å². The van der Waals surface area contributed by atoms with Crippen molar-refractivity contribution < 1.29 is 8.42 Å². The Morgan fingerprint density at radius 3 is 2.43 bits per heavy atom. The number of benzene rings is 2. The number of nitrogens with one attached hydrogen (secondary N) is 1. The molecule has 0 aliphatic heterocycles. The zero-order valence-electron chi connectivity index (χ0n) is 15.9. The molecule has 0 bridgehead atoms. The number of anilines is 1. The summed E-state index contributed by atoms with van der Waals surface area (Å²) in [5.41, 5.74) is 14.1. The van der Waals surface area contributed by atoms with E-state index in [2.05, 4.69) is 20.8 Å². The van der Waals surface area contributed by atoms with Crippen LogP contribution in [0.1, 0.15) is 10.6 Å². The number of aryl methyl sites for hydroxylation is 1. The first-order valence-corrected chi connectivity index (χ1v) is 11.0. The van der Waals surface area contributed by atoms with Crippen LogP contribution in [-0.4, -0.2) is 19.4 Å². The third-order valence-corrected chi connectivity index (χ3v) is 6.16. The van der Waals surface area contributed by atoms with E-state index < -0.39 is 16.0 Å². The van der Waals surface area contributed by atoms with Crippen molar-refractivity contribution in [3.8, 4) is 17.3 Å². The minimum absolute atomic E-state index is 0.0476. The van der Waals surface area contributed by atoms with Crippen molar-refractivity contribution in [1.82, 2.24) is 4.98 Å². The predicted molar refractivity (Wildman–Crippen MR) is 119 cm³/mol. The molecular formula is C20H18N6O2S2. The van der Waals surface area contributed by atoms with Crippen molar-refractivity contribution in [2.45, 2.75) is 11.8 Å². The van der Waals surface area contributed by atoms with Gasteiger partial charge in [-0.1, -0.05) is 29.8 Å². The van der Waals surface area contributed by atoms with E-state index in [1.165, 1.54) is 29.7 Å². The molecule has 0 saturated carbocycles. The minimum atomic E-state index is -3.95. The number of hydrogen-bond acceptors (Lipinski definition) is 6. The van der Waals surface area contributed by atoms with E-state index >= 15 is 0 Å². The Bertz CT molecular complexity index is 1250. The molecule has 1 heterocycles. The molecule has 0 saturated heterocycles. The lowest BCUT2D eigenvalue weighted by molar-refractivity contribution is 0.598. The van der Waals surface area contributed by atoms with Gasteiger partial charge in [0.25, 0.3) is 10.0 Å². The molecule has 0 fully saturated rings. The number of nitrogens with zero attached hydrogens (tertiary/aromatic N) is 3. The van der Waals surface area contributed by atoms with Crippen LogP contribution in [0.3, 0.4) is 0 Å². The zero-order chi connectivity index (χ0) is 21.7. The molecule has 2 aromatic carbocycles. The quantitative estimate of drug-likeness (QED) is 0.304. The van der Waals surface area contributed by atoms with Gasteiger partial charge in [0.1, 0.15) is 16.6 Å². The summed E-state index contributed by atoms with van der Waals surface area (Å²) in [5.74, 6) is -0.535. The minimum Gasteiger partial charge on any atom is -0.369 e. The van der Waals surface area contributed by atoms with Crippen LogP contribution in [0.5, 0.6) is 0 Å². The molecule has 0 amide bonds. The summed E-state index contributed by atoms with van der Waals surface area (Å²) >= 11 is 1.37. The molecular weight excluding hydrogens is 420 g/mol. The number of thiazole rings is 1. The molecule has 30 heavy (non-hydrogen) atoms. The third kappa shape index (κ3) is 5.02. The van der Waals surface area contributed by atoms with Crippen molar-refractivity contribution in [2.24, 2.45) is 15.9 Å². The maximum Gasteiger partial charge on any atom is 0.285 e. The van der Waals surface area contributed by atoms with Crippen LogP contribution in [-0.2, 0) is 10.0 Å². The number of rotatable bonds is 6. The molecule has 1 aromatic heterocycles. The number of nitrogens with two attached hydrogens (primary N) is 2. The molecule has 152 valence electrons. The second-order valence-electron chi connectivity index (χ2n) is 6.23. The number of sulfonamides is 1. The summed E-state index contributed by atoms with van der Waals surface area (Å²) in [5, 5.41) is 14.9. The molecule has 3 rings (SSSR count). The van der Waals surface area contributed by atoms with E-state index in [0.717, 1.165) is 16.8 Å². The Labute approximate surface area is 178 Å². The summed E-state index contributed by atoms with van der Waals surface area (Å²) in [6, 6.07) is 15.9. The van der Waals surface area contributed by atoms with E-state index in [9.17, 15) is 13.7 Å². The highest BCUT2D eigenvalue weighted by atomic mass is 32.2. The first-order chi connectivity index (χ1) is 14.3. The lowest BCUT2D eigenvalue weighted by atomic mass is 10.1. The fourth-order valence-electron chi connectivity index (χ4n) is 2.47. The second-order valence-corrected chi connectivity index (χ2v) is 8.70. The van der Waals surface area contributed by atoms with Crippen LogP contribution in [0.2, 0.25) is 0 Å². The van der Waals surface area contributed by atoms with E-state index in [0.29, 0.717) is 16.3 Å². The molecule has 5 N–H and O–H groups in total. The van der Waals surface area contributed by atoms with E-state index in [1.807, 2.05) is 36.6 Å². The molecule has 0 aliphatic rings. The normalized spacial score (nSPS) is 11.5. The molecule has 8 nitrogen and oxygen atoms in total. The van der Waals surface area contributed by atoms with Gasteiger partial charge in [0.05, 0.1) is 10.6 Å². The third-order valence-electron chi connectivity index (χ3n) is 3.96. The van der Waals surface area contributed by atoms with Crippen molar-refractivity contribution in [3.63, 3.8) is 0 Å². The summed E-state index contributed by atoms with van der Waals surface area (Å²) in [7, 11) is -3.95. The Balaban J connectivity index is 1.77. The Kier molecular flexibility index (Phi) is 6.15. The molecule has 3 aromatic rings. The SMILES string of the molecule is Cc1ccc(-c2csc(C(C#N)=CNc3ccc(S(=O)(=O)N=C(N)N)cc3)n2)cc1. The summed E-state index contributed by atoms with van der Waals surface area (Å²) in [6.07, 6.45) is 1.53. The Morgan fingerprint density at radius 1 is 1.17 bits per heavy atom. The predicted octanol–water partition coefficient (Wildman–Crippen LogP) is 3.06. The number of hydrogen-bond donors (Lipinski definition) is 3. The summed E-state index contributed by atoms with van der Waals surface area (Å²) in [4.78, 5) is 4.49. The van der Waals surface area contributed by atoms with Crippen molar-refractivity contribution in [1.29, 1.82) is 5.26 Å². The van der Waals surface area contributed by atoms with Gasteiger partial charge in [-0.05, 0) is 31.2 Å². The van der Waals surface area contributed by atoms with Crippen molar-refractivity contribution in [2.75, 3.05) is 5.32 Å². The lowest BCUT2D eigenvalue weighted by Crippen LogP contribution is -2.24. The maximum absolute atomic E-state index is 12.0. The van der Waals surface area contributed by atoms with Crippen molar-refractivity contribution >= 4 is 38.6 Å². The monoisotopic (exact) mass is 438 g/mol. The van der Waals surface area contributed by atoms with Gasteiger partial charge in [0, 0.05) is 22.8 Å². The van der Waals surface area contributed by atoms with Crippen LogP contribution in [0.4, 0.5) is 5.69 Å². The fourth-order valence-corrected chi connectivity index (χ4v) is 4.12. The molecule has 0 atom stereocenters. The Morgan fingerprint density at radius 2 is 1.83 bits per heavy atom. The van der Waals surface area contributed by atoms with Gasteiger partial charge in [0.15, 0.2) is 0 Å². The molecule has 0 aliphatic carbocycles. The first kappa shape index (κ1) is 21.0. The summed E-state index contributed by atoms with van der Waals surface area (Å²) < 4.78 is 27.1. The number of nitriles is 1. The van der Waals surface area contributed by atoms with Crippen LogP contribution in [0, 0.1) is 18.3 Å². The van der Waals surface area contributed by atoms with Gasteiger partial charge < -0.3 is 16.8 Å². The van der Waals surface area contributed by atoms with Crippen molar-refractivity contribution in [3.05, 3.63) is 70.7 Å². The number of allylic oxidation sites excluding steroid dienone is 1. The highest BCUT2D eigenvalue weighted by Crippen LogP contribution is 2.26. The van der Waals surface area contributed by atoms with Crippen LogP contribution in [0.25, 0.3) is 16.8 Å². The standard InChI is InChI=1S/C20H18N6O2S2/c1-13-2-4-14(5-3-13)18-12-29-19(25-18)15(10-21)11-24-16-6-8-17(9-7-16)30(27,28)26-20(22)23/h2-9,11-12,24H,1H3,(H4,22,23,26). The van der Waals surface area contributed by atoms with E-state index in [4.69, 9.17) is 11.5 Å². The van der Waals surface area contributed by atoms with Gasteiger partial charge in [-0.2, -0.15) is 13.7 Å². The number of aromatic nitrogens is 1. The molecule has 0 radical (unpaired) electrons. The fraction of sp³-hybridized carbons (Fsp3) is 0.0500. The van der Waals surface area contributed by atoms with Crippen LogP contribution < -0.4 is 16.8 Å². The highest BCUT2D eigenvalue weighted by molar-refractivity contribution is 7.90. The zero-order valence-corrected chi connectivity index (χ0v) is 17.5. The largest absolute Gasteiger partial charge is 0.369 e. The van der Waals surface area contributed by atoms with Gasteiger partial charge in [-0.3, -0.25) is 0 Å². The molecule has 10 heteroatoms. The second kappa shape index (κ2) is 8.77.